The summed E-state index contributed by atoms with van der Waals surface area (Å²) >= 11 is 0. The summed E-state index contributed by atoms with van der Waals surface area (Å²) in [4.78, 5) is 22.8. The average Bonchev–Trinajstić information content (AvgIpc) is 2.75. The lowest BCUT2D eigenvalue weighted by atomic mass is 9.84. The summed E-state index contributed by atoms with van der Waals surface area (Å²) in [6.07, 6.45) is 1.76. The van der Waals surface area contributed by atoms with E-state index in [1.54, 1.807) is 0 Å². The highest BCUT2D eigenvalue weighted by Crippen LogP contribution is 2.24. The zero-order valence-corrected chi connectivity index (χ0v) is 11.4. The fraction of sp³-hybridized carbons (Fsp3) is 0.846. The number of carbonyl (C=O) groups is 2. The number of carbonyl (C=O) groups excluding carboxylic acids is 1. The van der Waals surface area contributed by atoms with Gasteiger partial charge in [0.05, 0.1) is 5.92 Å². The standard InChI is InChI=1S/C13H23NO4/c1-13(2,3)7-9(12(16)17)8-14-11(15)10-5-4-6-18-10/h9-10H,4-8H2,1-3H3,(H,14,15)(H,16,17). The molecule has 0 aliphatic carbocycles. The van der Waals surface area contributed by atoms with E-state index in [1.807, 2.05) is 20.8 Å². The summed E-state index contributed by atoms with van der Waals surface area (Å²) in [6.45, 7) is 6.76. The lowest BCUT2D eigenvalue weighted by molar-refractivity contribution is -0.143. The molecule has 0 aromatic heterocycles. The SMILES string of the molecule is CC(C)(C)CC(CNC(=O)C1CCCO1)C(=O)O. The van der Waals surface area contributed by atoms with Crippen molar-refractivity contribution in [2.75, 3.05) is 13.2 Å². The number of ether oxygens (including phenoxy) is 1. The molecule has 18 heavy (non-hydrogen) atoms. The Morgan fingerprint density at radius 3 is 2.56 bits per heavy atom. The van der Waals surface area contributed by atoms with Crippen LogP contribution in [0.2, 0.25) is 0 Å². The first-order valence-electron chi connectivity index (χ1n) is 6.42. The molecule has 1 amide bonds. The van der Waals surface area contributed by atoms with Crippen LogP contribution in [0.15, 0.2) is 0 Å². The van der Waals surface area contributed by atoms with Crippen LogP contribution in [0, 0.1) is 11.3 Å². The lowest BCUT2D eigenvalue weighted by Crippen LogP contribution is -2.40. The van der Waals surface area contributed by atoms with Crippen molar-refractivity contribution in [3.63, 3.8) is 0 Å². The predicted molar refractivity (Wildman–Crippen MR) is 67.2 cm³/mol. The second kappa shape index (κ2) is 6.18. The van der Waals surface area contributed by atoms with Gasteiger partial charge < -0.3 is 15.2 Å². The van der Waals surface area contributed by atoms with Crippen LogP contribution in [0.25, 0.3) is 0 Å². The Morgan fingerprint density at radius 2 is 2.11 bits per heavy atom. The molecule has 2 atom stereocenters. The molecule has 0 radical (unpaired) electrons. The maximum absolute atomic E-state index is 11.7. The molecule has 5 heteroatoms. The van der Waals surface area contributed by atoms with Crippen molar-refractivity contribution in [3.8, 4) is 0 Å². The van der Waals surface area contributed by atoms with Crippen molar-refractivity contribution in [2.24, 2.45) is 11.3 Å². The number of rotatable bonds is 5. The number of hydrogen-bond acceptors (Lipinski definition) is 3. The quantitative estimate of drug-likeness (QED) is 0.781. The summed E-state index contributed by atoms with van der Waals surface area (Å²) in [5, 5.41) is 11.8. The van der Waals surface area contributed by atoms with Gasteiger partial charge in [-0.3, -0.25) is 9.59 Å². The van der Waals surface area contributed by atoms with Crippen molar-refractivity contribution in [1.29, 1.82) is 0 Å². The van der Waals surface area contributed by atoms with Crippen molar-refractivity contribution in [1.82, 2.24) is 5.32 Å². The lowest BCUT2D eigenvalue weighted by Gasteiger charge is -2.23. The highest BCUT2D eigenvalue weighted by Gasteiger charge is 2.28. The maximum Gasteiger partial charge on any atom is 0.308 e. The van der Waals surface area contributed by atoms with Crippen LogP contribution in [0.4, 0.5) is 0 Å². The van der Waals surface area contributed by atoms with Gasteiger partial charge in [0.2, 0.25) is 5.91 Å². The molecule has 2 N–H and O–H groups in total. The number of nitrogens with one attached hydrogen (secondary N) is 1. The van der Waals surface area contributed by atoms with Crippen molar-refractivity contribution in [2.45, 2.75) is 46.1 Å². The molecule has 1 heterocycles. The Hall–Kier alpha value is -1.10. The average molecular weight is 257 g/mol. The molecule has 104 valence electrons. The van der Waals surface area contributed by atoms with E-state index in [1.165, 1.54) is 0 Å². The number of aliphatic carboxylic acids is 1. The molecule has 5 nitrogen and oxygen atoms in total. The van der Waals surface area contributed by atoms with Gasteiger partial charge in [-0.1, -0.05) is 20.8 Å². The molecule has 1 aliphatic heterocycles. The third-order valence-corrected chi connectivity index (χ3v) is 2.95. The minimum Gasteiger partial charge on any atom is -0.481 e. The van der Waals surface area contributed by atoms with E-state index < -0.39 is 18.0 Å². The smallest absolute Gasteiger partial charge is 0.308 e. The van der Waals surface area contributed by atoms with Gasteiger partial charge in [-0.25, -0.2) is 0 Å². The number of amides is 1. The van der Waals surface area contributed by atoms with Gasteiger partial charge in [0, 0.05) is 13.2 Å². The normalized spacial score (nSPS) is 21.6. The van der Waals surface area contributed by atoms with Crippen LogP contribution in [-0.2, 0) is 14.3 Å². The Morgan fingerprint density at radius 1 is 1.44 bits per heavy atom. The van der Waals surface area contributed by atoms with Crippen molar-refractivity contribution < 1.29 is 19.4 Å². The van der Waals surface area contributed by atoms with Gasteiger partial charge in [-0.2, -0.15) is 0 Å². The van der Waals surface area contributed by atoms with Crippen molar-refractivity contribution in [3.05, 3.63) is 0 Å². The first-order valence-corrected chi connectivity index (χ1v) is 6.42. The molecular formula is C13H23NO4. The fourth-order valence-corrected chi connectivity index (χ4v) is 2.11. The Labute approximate surface area is 108 Å². The first kappa shape index (κ1) is 15.0. The Balaban J connectivity index is 2.42. The Bertz CT molecular complexity index is 303. The number of carboxylic acids is 1. The molecule has 1 fully saturated rings. The summed E-state index contributed by atoms with van der Waals surface area (Å²) in [7, 11) is 0. The van der Waals surface area contributed by atoms with Crippen LogP contribution in [0.3, 0.4) is 0 Å². The minimum atomic E-state index is -0.863. The van der Waals surface area contributed by atoms with Gasteiger partial charge >= 0.3 is 5.97 Å². The van der Waals surface area contributed by atoms with E-state index >= 15 is 0 Å². The van der Waals surface area contributed by atoms with Crippen LogP contribution >= 0.6 is 0 Å². The zero-order chi connectivity index (χ0) is 13.8. The van der Waals surface area contributed by atoms with Gasteiger partial charge in [-0.05, 0) is 24.7 Å². The molecule has 0 aromatic carbocycles. The summed E-state index contributed by atoms with van der Waals surface area (Å²) in [6, 6.07) is 0. The van der Waals surface area contributed by atoms with Gasteiger partial charge in [0.15, 0.2) is 0 Å². The van der Waals surface area contributed by atoms with E-state index in [9.17, 15) is 9.59 Å². The van der Waals surface area contributed by atoms with E-state index in [-0.39, 0.29) is 17.9 Å². The molecule has 0 aromatic rings. The molecule has 1 aliphatic rings. The monoisotopic (exact) mass is 257 g/mol. The third-order valence-electron chi connectivity index (χ3n) is 2.95. The second-order valence-corrected chi connectivity index (χ2v) is 6.05. The zero-order valence-electron chi connectivity index (χ0n) is 11.4. The van der Waals surface area contributed by atoms with Gasteiger partial charge in [0.25, 0.3) is 0 Å². The molecule has 0 bridgehead atoms. The summed E-state index contributed by atoms with van der Waals surface area (Å²) in [5.74, 6) is -1.60. The highest BCUT2D eigenvalue weighted by atomic mass is 16.5. The van der Waals surface area contributed by atoms with Crippen molar-refractivity contribution >= 4 is 11.9 Å². The molecule has 1 rings (SSSR count). The number of hydrogen-bond donors (Lipinski definition) is 2. The van der Waals surface area contributed by atoms with E-state index in [4.69, 9.17) is 9.84 Å². The second-order valence-electron chi connectivity index (χ2n) is 6.05. The predicted octanol–water partition coefficient (Wildman–Crippen LogP) is 1.42. The largest absolute Gasteiger partial charge is 0.481 e. The van der Waals surface area contributed by atoms with Crippen LogP contribution < -0.4 is 5.32 Å². The van der Waals surface area contributed by atoms with E-state index in [2.05, 4.69) is 5.32 Å². The molecular weight excluding hydrogens is 234 g/mol. The van der Waals surface area contributed by atoms with Crippen LogP contribution in [-0.4, -0.2) is 36.2 Å². The highest BCUT2D eigenvalue weighted by molar-refractivity contribution is 5.81. The molecule has 0 spiro atoms. The van der Waals surface area contributed by atoms with Gasteiger partial charge in [-0.15, -0.1) is 0 Å². The minimum absolute atomic E-state index is 0.0718. The van der Waals surface area contributed by atoms with Crippen LogP contribution in [0.5, 0.6) is 0 Å². The summed E-state index contributed by atoms with van der Waals surface area (Å²) in [5.41, 5.74) is -0.0718. The third kappa shape index (κ3) is 5.04. The van der Waals surface area contributed by atoms with Crippen LogP contribution in [0.1, 0.15) is 40.0 Å². The topological polar surface area (TPSA) is 75.6 Å². The summed E-state index contributed by atoms with van der Waals surface area (Å²) < 4.78 is 5.25. The fourth-order valence-electron chi connectivity index (χ4n) is 2.11. The maximum atomic E-state index is 11.7. The van der Waals surface area contributed by atoms with E-state index in [0.717, 1.165) is 12.8 Å². The number of carboxylic acid groups (broad SMARTS) is 1. The van der Waals surface area contributed by atoms with E-state index in [0.29, 0.717) is 13.0 Å². The molecule has 0 saturated carbocycles. The molecule has 2 unspecified atom stereocenters. The first-order chi connectivity index (χ1) is 8.29. The van der Waals surface area contributed by atoms with Gasteiger partial charge in [0.1, 0.15) is 6.10 Å². The Kier molecular flexibility index (Phi) is 5.14. The molecule has 1 saturated heterocycles.